The van der Waals surface area contributed by atoms with Gasteiger partial charge in [0.15, 0.2) is 0 Å². The predicted molar refractivity (Wildman–Crippen MR) is 58.8 cm³/mol. The molecular formula is C11H11ClN2O. The fraction of sp³-hybridized carbons (Fsp3) is 0.364. The summed E-state index contributed by atoms with van der Waals surface area (Å²) in [6.45, 7) is 1.62. The van der Waals surface area contributed by atoms with Gasteiger partial charge in [0.2, 0.25) is 0 Å². The number of rotatable bonds is 3. The van der Waals surface area contributed by atoms with Crippen molar-refractivity contribution >= 4 is 17.3 Å². The molecule has 78 valence electrons. The lowest BCUT2D eigenvalue weighted by Crippen LogP contribution is -2.46. The second kappa shape index (κ2) is 4.09. The average molecular weight is 223 g/mol. The van der Waals surface area contributed by atoms with Gasteiger partial charge < -0.3 is 10.1 Å². The van der Waals surface area contributed by atoms with Crippen LogP contribution in [0.4, 0.5) is 5.69 Å². The molecule has 0 aliphatic carbocycles. The number of hydrogen-bond donors (Lipinski definition) is 1. The van der Waals surface area contributed by atoms with Crippen molar-refractivity contribution in [2.45, 2.75) is 0 Å². The summed E-state index contributed by atoms with van der Waals surface area (Å²) in [6, 6.07) is 9.74. The number of benzene rings is 1. The summed E-state index contributed by atoms with van der Waals surface area (Å²) in [6.07, 6.45) is 0. The number of ether oxygens (including phenoxy) is 1. The van der Waals surface area contributed by atoms with Crippen molar-refractivity contribution < 1.29 is 4.74 Å². The number of nitrogens with one attached hydrogen (secondary N) is 1. The topological polar surface area (TPSA) is 45.0 Å². The van der Waals surface area contributed by atoms with Gasteiger partial charge in [-0.15, -0.1) is 0 Å². The smallest absolute Gasteiger partial charge is 0.121 e. The normalized spacial score (nSPS) is 17.6. The summed E-state index contributed by atoms with van der Waals surface area (Å²) >= 11 is 5.85. The van der Waals surface area contributed by atoms with Crippen molar-refractivity contribution in [3.63, 3.8) is 0 Å². The first-order valence-electron chi connectivity index (χ1n) is 4.73. The summed E-state index contributed by atoms with van der Waals surface area (Å²) < 4.78 is 5.05. The van der Waals surface area contributed by atoms with Crippen molar-refractivity contribution in [3.05, 3.63) is 29.3 Å². The van der Waals surface area contributed by atoms with Crippen LogP contribution in [0.1, 0.15) is 0 Å². The van der Waals surface area contributed by atoms with E-state index in [0.717, 1.165) is 5.69 Å². The zero-order valence-corrected chi connectivity index (χ0v) is 8.92. The third kappa shape index (κ3) is 2.23. The molecule has 2 rings (SSSR count). The second-order valence-electron chi connectivity index (χ2n) is 3.75. The van der Waals surface area contributed by atoms with E-state index in [1.54, 1.807) is 0 Å². The van der Waals surface area contributed by atoms with Gasteiger partial charge >= 0.3 is 0 Å². The fourth-order valence-electron chi connectivity index (χ4n) is 1.42. The SMILES string of the molecule is N#CC1(CNc2cccc(Cl)c2)COC1. The van der Waals surface area contributed by atoms with Gasteiger partial charge in [0.05, 0.1) is 19.3 Å². The summed E-state index contributed by atoms with van der Waals surface area (Å²) in [7, 11) is 0. The zero-order valence-electron chi connectivity index (χ0n) is 8.16. The Labute approximate surface area is 93.6 Å². The summed E-state index contributed by atoms with van der Waals surface area (Å²) in [4.78, 5) is 0. The minimum atomic E-state index is -0.359. The lowest BCUT2D eigenvalue weighted by Gasteiger charge is -2.35. The molecule has 1 heterocycles. The molecule has 0 bridgehead atoms. The highest BCUT2D eigenvalue weighted by Crippen LogP contribution is 2.27. The molecule has 0 aromatic heterocycles. The zero-order chi connectivity index (χ0) is 10.7. The number of halogens is 1. The fourth-order valence-corrected chi connectivity index (χ4v) is 1.61. The Kier molecular flexibility index (Phi) is 2.81. The van der Waals surface area contributed by atoms with Gasteiger partial charge in [-0.05, 0) is 18.2 Å². The molecule has 0 atom stereocenters. The van der Waals surface area contributed by atoms with E-state index in [0.29, 0.717) is 24.8 Å². The van der Waals surface area contributed by atoms with Crippen LogP contribution in [0.5, 0.6) is 0 Å². The molecule has 3 nitrogen and oxygen atoms in total. The van der Waals surface area contributed by atoms with Crippen LogP contribution in [-0.2, 0) is 4.74 Å². The monoisotopic (exact) mass is 222 g/mol. The van der Waals surface area contributed by atoms with E-state index in [-0.39, 0.29) is 5.41 Å². The molecule has 0 saturated carbocycles. The Balaban J connectivity index is 1.96. The first kappa shape index (κ1) is 10.3. The van der Waals surface area contributed by atoms with Crippen molar-refractivity contribution in [2.75, 3.05) is 25.1 Å². The standard InChI is InChI=1S/C11H11ClN2O/c12-9-2-1-3-10(4-9)14-6-11(5-13)7-15-8-11/h1-4,14H,6-8H2. The van der Waals surface area contributed by atoms with Crippen LogP contribution >= 0.6 is 11.6 Å². The van der Waals surface area contributed by atoms with Crippen LogP contribution in [0.25, 0.3) is 0 Å². The molecule has 0 radical (unpaired) electrons. The van der Waals surface area contributed by atoms with Crippen molar-refractivity contribution in [1.82, 2.24) is 0 Å². The summed E-state index contributed by atoms with van der Waals surface area (Å²) in [5.41, 5.74) is 0.575. The highest BCUT2D eigenvalue weighted by atomic mass is 35.5. The Morgan fingerprint density at radius 2 is 2.33 bits per heavy atom. The van der Waals surface area contributed by atoms with Crippen LogP contribution in [0.15, 0.2) is 24.3 Å². The van der Waals surface area contributed by atoms with E-state index >= 15 is 0 Å². The van der Waals surface area contributed by atoms with E-state index in [2.05, 4.69) is 11.4 Å². The number of hydrogen-bond acceptors (Lipinski definition) is 3. The first-order chi connectivity index (χ1) is 7.24. The molecule has 1 saturated heterocycles. The van der Waals surface area contributed by atoms with Gasteiger partial charge in [-0.1, -0.05) is 17.7 Å². The van der Waals surface area contributed by atoms with E-state index in [9.17, 15) is 0 Å². The van der Waals surface area contributed by atoms with E-state index in [1.165, 1.54) is 0 Å². The second-order valence-corrected chi connectivity index (χ2v) is 4.19. The lowest BCUT2D eigenvalue weighted by atomic mass is 9.88. The quantitative estimate of drug-likeness (QED) is 0.854. The number of nitrogens with zero attached hydrogens (tertiary/aromatic N) is 1. The minimum absolute atomic E-state index is 0.359. The van der Waals surface area contributed by atoms with Gasteiger partial charge in [0.1, 0.15) is 5.41 Å². The Hall–Kier alpha value is -1.24. The summed E-state index contributed by atoms with van der Waals surface area (Å²) in [5, 5.41) is 12.9. The lowest BCUT2D eigenvalue weighted by molar-refractivity contribution is -0.0690. The molecule has 0 unspecified atom stereocenters. The van der Waals surface area contributed by atoms with Crippen LogP contribution in [0, 0.1) is 16.7 Å². The van der Waals surface area contributed by atoms with Gasteiger partial charge in [-0.2, -0.15) is 5.26 Å². The largest absolute Gasteiger partial charge is 0.383 e. The Bertz CT molecular complexity index is 396. The summed E-state index contributed by atoms with van der Waals surface area (Å²) in [5.74, 6) is 0. The number of anilines is 1. The molecule has 1 aliphatic rings. The highest BCUT2D eigenvalue weighted by molar-refractivity contribution is 6.30. The molecule has 1 aromatic rings. The maximum atomic E-state index is 8.97. The van der Waals surface area contributed by atoms with Gasteiger partial charge in [-0.25, -0.2) is 0 Å². The van der Waals surface area contributed by atoms with Gasteiger partial charge in [0.25, 0.3) is 0 Å². The molecule has 1 aromatic carbocycles. The number of nitriles is 1. The molecular weight excluding hydrogens is 212 g/mol. The Morgan fingerprint density at radius 3 is 2.87 bits per heavy atom. The van der Waals surface area contributed by atoms with Crippen LogP contribution in [0.2, 0.25) is 5.02 Å². The van der Waals surface area contributed by atoms with Crippen molar-refractivity contribution in [1.29, 1.82) is 5.26 Å². The Morgan fingerprint density at radius 1 is 1.53 bits per heavy atom. The van der Waals surface area contributed by atoms with Crippen molar-refractivity contribution in [3.8, 4) is 6.07 Å². The molecule has 1 aliphatic heterocycles. The molecule has 4 heteroatoms. The van der Waals surface area contributed by atoms with Gasteiger partial charge in [0, 0.05) is 17.3 Å². The minimum Gasteiger partial charge on any atom is -0.383 e. The molecule has 15 heavy (non-hydrogen) atoms. The first-order valence-corrected chi connectivity index (χ1v) is 5.10. The van der Waals surface area contributed by atoms with E-state index in [4.69, 9.17) is 21.6 Å². The maximum Gasteiger partial charge on any atom is 0.121 e. The molecule has 0 amide bonds. The molecule has 1 N–H and O–H groups in total. The van der Waals surface area contributed by atoms with E-state index < -0.39 is 0 Å². The molecule has 1 fully saturated rings. The van der Waals surface area contributed by atoms with Crippen LogP contribution in [-0.4, -0.2) is 19.8 Å². The van der Waals surface area contributed by atoms with Crippen LogP contribution < -0.4 is 5.32 Å². The van der Waals surface area contributed by atoms with Crippen LogP contribution in [0.3, 0.4) is 0 Å². The van der Waals surface area contributed by atoms with E-state index in [1.807, 2.05) is 24.3 Å². The van der Waals surface area contributed by atoms with Gasteiger partial charge in [-0.3, -0.25) is 0 Å². The highest BCUT2D eigenvalue weighted by Gasteiger charge is 2.38. The maximum absolute atomic E-state index is 8.97. The third-order valence-corrected chi connectivity index (χ3v) is 2.68. The predicted octanol–water partition coefficient (Wildman–Crippen LogP) is 2.29. The molecule has 0 spiro atoms. The van der Waals surface area contributed by atoms with Crippen molar-refractivity contribution in [2.24, 2.45) is 5.41 Å². The average Bonchev–Trinajstić information content (AvgIpc) is 2.17. The third-order valence-electron chi connectivity index (χ3n) is 2.45.